The van der Waals surface area contributed by atoms with Gasteiger partial charge in [0, 0.05) is 79.8 Å². The minimum absolute atomic E-state index is 0.414. The zero-order chi connectivity index (χ0) is 29.4. The number of carboxylic acids is 2. The lowest BCUT2D eigenvalue weighted by Crippen LogP contribution is -2.47. The molecule has 0 saturated carbocycles. The van der Waals surface area contributed by atoms with Crippen LogP contribution in [0.1, 0.15) is 23.4 Å². The number of aromatic nitrogens is 3. The van der Waals surface area contributed by atoms with E-state index >= 15 is 0 Å². The molecule has 3 heterocycles. The van der Waals surface area contributed by atoms with E-state index in [2.05, 4.69) is 24.6 Å². The first kappa shape index (κ1) is 30.2. The summed E-state index contributed by atoms with van der Waals surface area (Å²) in [6.45, 7) is 6.03. The standard InChI is InChI=1S/C24H26Cl2N6O.C4H4O4/c1-33-14-4-9-30-10-12-31(13-11-30)24-29-28-22-16-27-23(18-5-2-3-6-20(18)26)19-15-17(25)7-8-21(19)32(22)24;5-3(6)1-2-4(7)8/h2-3,5-8,15H,4,9-14,16H2,1H3;1-2H,(H,5,6)(H,7,8)/b;2-1+. The second kappa shape index (κ2) is 14.2. The van der Waals surface area contributed by atoms with E-state index < -0.39 is 11.9 Å². The summed E-state index contributed by atoms with van der Waals surface area (Å²) < 4.78 is 7.31. The number of nitrogens with zero attached hydrogens (tertiary/aromatic N) is 6. The third-order valence-corrected chi connectivity index (χ3v) is 7.09. The summed E-state index contributed by atoms with van der Waals surface area (Å²) in [5, 5.41) is 26.0. The third kappa shape index (κ3) is 7.70. The average Bonchev–Trinajstić information content (AvgIpc) is 3.31. The van der Waals surface area contributed by atoms with Gasteiger partial charge in [0.25, 0.3) is 0 Å². The molecule has 2 N–H and O–H groups in total. The number of rotatable bonds is 8. The highest BCUT2D eigenvalue weighted by Crippen LogP contribution is 2.32. The van der Waals surface area contributed by atoms with Crippen LogP contribution in [0, 0.1) is 0 Å². The van der Waals surface area contributed by atoms with Crippen LogP contribution in [0.2, 0.25) is 10.0 Å². The van der Waals surface area contributed by atoms with Crippen LogP contribution in [0.15, 0.2) is 59.6 Å². The van der Waals surface area contributed by atoms with E-state index in [1.54, 1.807) is 7.11 Å². The summed E-state index contributed by atoms with van der Waals surface area (Å²) in [5.74, 6) is -0.862. The lowest BCUT2D eigenvalue weighted by Gasteiger charge is -2.35. The van der Waals surface area contributed by atoms with Gasteiger partial charge in [0.1, 0.15) is 6.54 Å². The molecule has 11 nitrogen and oxygen atoms in total. The number of methoxy groups -OCH3 is 1. The highest BCUT2D eigenvalue weighted by Gasteiger charge is 2.28. The van der Waals surface area contributed by atoms with Crippen LogP contribution >= 0.6 is 23.2 Å². The van der Waals surface area contributed by atoms with Crippen molar-refractivity contribution in [3.8, 4) is 5.69 Å². The van der Waals surface area contributed by atoms with Crippen molar-refractivity contribution in [2.45, 2.75) is 13.0 Å². The summed E-state index contributed by atoms with van der Waals surface area (Å²) >= 11 is 13.0. The van der Waals surface area contributed by atoms with Crippen molar-refractivity contribution in [2.75, 3.05) is 51.3 Å². The maximum Gasteiger partial charge on any atom is 0.328 e. The number of carboxylic acid groups (broad SMARTS) is 2. The second-order valence-electron chi connectivity index (χ2n) is 9.24. The maximum absolute atomic E-state index is 9.55. The number of carbonyl (C=O) groups is 2. The number of hydrogen-bond donors (Lipinski definition) is 2. The Hall–Kier alpha value is -3.77. The van der Waals surface area contributed by atoms with Gasteiger partial charge in [0.15, 0.2) is 5.82 Å². The molecule has 216 valence electrons. The summed E-state index contributed by atoms with van der Waals surface area (Å²) in [4.78, 5) is 28.8. The van der Waals surface area contributed by atoms with Crippen LogP contribution in [0.4, 0.5) is 5.95 Å². The summed E-state index contributed by atoms with van der Waals surface area (Å²) in [7, 11) is 1.75. The molecule has 0 bridgehead atoms. The van der Waals surface area contributed by atoms with E-state index in [0.29, 0.717) is 28.7 Å². The minimum Gasteiger partial charge on any atom is -0.478 e. The number of benzene rings is 2. The Labute approximate surface area is 247 Å². The van der Waals surface area contributed by atoms with Gasteiger partial charge in [0.05, 0.1) is 11.4 Å². The number of fused-ring (bicyclic) bond motifs is 3. The summed E-state index contributed by atoms with van der Waals surface area (Å²) in [5.41, 5.74) is 3.59. The van der Waals surface area contributed by atoms with Crippen LogP contribution in [0.25, 0.3) is 5.69 Å². The number of piperazine rings is 1. The van der Waals surface area contributed by atoms with E-state index in [4.69, 9.17) is 43.1 Å². The van der Waals surface area contributed by atoms with Crippen LogP contribution in [-0.2, 0) is 20.9 Å². The average molecular weight is 601 g/mol. The van der Waals surface area contributed by atoms with Crippen LogP contribution in [-0.4, -0.2) is 94.0 Å². The van der Waals surface area contributed by atoms with Gasteiger partial charge in [0.2, 0.25) is 5.95 Å². The smallest absolute Gasteiger partial charge is 0.328 e. The van der Waals surface area contributed by atoms with Crippen molar-refractivity contribution in [1.29, 1.82) is 0 Å². The van der Waals surface area contributed by atoms with E-state index in [0.717, 1.165) is 80.1 Å². The Bertz CT molecular complexity index is 1430. The molecule has 0 aliphatic carbocycles. The number of hydrogen-bond acceptors (Lipinski definition) is 8. The van der Waals surface area contributed by atoms with Crippen LogP contribution in [0.3, 0.4) is 0 Å². The predicted molar refractivity (Wildman–Crippen MR) is 157 cm³/mol. The molecule has 1 aromatic heterocycles. The fourth-order valence-corrected chi connectivity index (χ4v) is 5.02. The highest BCUT2D eigenvalue weighted by atomic mass is 35.5. The molecule has 5 rings (SSSR count). The number of halogens is 2. The zero-order valence-electron chi connectivity index (χ0n) is 22.4. The largest absolute Gasteiger partial charge is 0.478 e. The van der Waals surface area contributed by atoms with Crippen molar-refractivity contribution >= 4 is 46.8 Å². The van der Waals surface area contributed by atoms with Crippen LogP contribution in [0.5, 0.6) is 0 Å². The molecule has 2 aliphatic heterocycles. The van der Waals surface area contributed by atoms with Gasteiger partial charge < -0.3 is 19.8 Å². The third-order valence-electron chi connectivity index (χ3n) is 6.52. The fourth-order valence-electron chi connectivity index (χ4n) is 4.62. The van der Waals surface area contributed by atoms with Gasteiger partial charge in [-0.15, -0.1) is 10.2 Å². The first-order chi connectivity index (χ1) is 19.8. The first-order valence-electron chi connectivity index (χ1n) is 12.9. The number of anilines is 1. The molecule has 1 saturated heterocycles. The van der Waals surface area contributed by atoms with E-state index in [-0.39, 0.29) is 0 Å². The molecule has 2 aliphatic rings. The van der Waals surface area contributed by atoms with Crippen molar-refractivity contribution < 1.29 is 24.5 Å². The molecule has 0 atom stereocenters. The van der Waals surface area contributed by atoms with Gasteiger partial charge in [-0.05, 0) is 30.7 Å². The maximum atomic E-state index is 9.55. The molecule has 3 aromatic rings. The first-order valence-corrected chi connectivity index (χ1v) is 13.7. The molecule has 2 aromatic carbocycles. The van der Waals surface area contributed by atoms with Gasteiger partial charge in [-0.25, -0.2) is 9.59 Å². The SMILES string of the molecule is COCCCN1CCN(c2nnc3n2-c2ccc(Cl)cc2C(c2ccccc2Cl)=NC3)CC1.O=C(O)/C=C/C(=O)O. The van der Waals surface area contributed by atoms with E-state index in [1.807, 2.05) is 42.5 Å². The van der Waals surface area contributed by atoms with Crippen molar-refractivity contribution in [2.24, 2.45) is 4.99 Å². The molecule has 0 spiro atoms. The van der Waals surface area contributed by atoms with Crippen molar-refractivity contribution in [3.05, 3.63) is 81.6 Å². The summed E-state index contributed by atoms with van der Waals surface area (Å²) in [6.07, 6.45) is 2.16. The number of aliphatic imine (C=N–C) groups is 1. The quantitative estimate of drug-likeness (QED) is 0.292. The Balaban J connectivity index is 0.000000426. The number of ether oxygens (including phenoxy) is 1. The van der Waals surface area contributed by atoms with Gasteiger partial charge >= 0.3 is 11.9 Å². The molecular formula is C28H30Cl2N6O5. The molecule has 0 unspecified atom stereocenters. The topological polar surface area (TPSA) is 133 Å². The summed E-state index contributed by atoms with van der Waals surface area (Å²) in [6, 6.07) is 13.6. The fraction of sp³-hybridized carbons (Fsp3) is 0.321. The Morgan fingerprint density at radius 3 is 2.34 bits per heavy atom. The van der Waals surface area contributed by atoms with E-state index in [9.17, 15) is 9.59 Å². The highest BCUT2D eigenvalue weighted by molar-refractivity contribution is 6.36. The second-order valence-corrected chi connectivity index (χ2v) is 10.1. The number of aliphatic carboxylic acids is 2. The molecule has 41 heavy (non-hydrogen) atoms. The van der Waals surface area contributed by atoms with Gasteiger partial charge in [-0.1, -0.05) is 41.4 Å². The minimum atomic E-state index is -1.26. The Morgan fingerprint density at radius 1 is 0.976 bits per heavy atom. The van der Waals surface area contributed by atoms with Crippen molar-refractivity contribution in [3.63, 3.8) is 0 Å². The normalized spacial score (nSPS) is 14.9. The van der Waals surface area contributed by atoms with Crippen LogP contribution < -0.4 is 4.90 Å². The monoisotopic (exact) mass is 600 g/mol. The lowest BCUT2D eigenvalue weighted by molar-refractivity contribution is -0.134. The van der Waals surface area contributed by atoms with E-state index in [1.165, 1.54) is 0 Å². The lowest BCUT2D eigenvalue weighted by atomic mass is 10.0. The molecular weight excluding hydrogens is 571 g/mol. The van der Waals surface area contributed by atoms with Gasteiger partial charge in [-0.2, -0.15) is 0 Å². The zero-order valence-corrected chi connectivity index (χ0v) is 23.9. The molecule has 0 amide bonds. The Kier molecular flexibility index (Phi) is 10.5. The molecule has 0 radical (unpaired) electrons. The molecule has 1 fully saturated rings. The van der Waals surface area contributed by atoms with Gasteiger partial charge in [-0.3, -0.25) is 14.5 Å². The van der Waals surface area contributed by atoms with Crippen molar-refractivity contribution in [1.82, 2.24) is 19.7 Å². The molecule has 13 heteroatoms. The predicted octanol–water partition coefficient (Wildman–Crippen LogP) is 3.80. The Morgan fingerprint density at radius 2 is 1.68 bits per heavy atom.